The molecule has 0 atom stereocenters. The van der Waals surface area contributed by atoms with Crippen molar-refractivity contribution in [2.24, 2.45) is 5.92 Å². The Labute approximate surface area is 159 Å². The Hall–Kier alpha value is -3.10. The highest BCUT2D eigenvalue weighted by atomic mass is 19.3. The minimum atomic E-state index is -2.75. The van der Waals surface area contributed by atoms with Crippen molar-refractivity contribution in [1.82, 2.24) is 24.4 Å². The molecule has 0 radical (unpaired) electrons. The van der Waals surface area contributed by atoms with E-state index in [2.05, 4.69) is 15.0 Å². The molecular weight excluding hydrogens is 368 g/mol. The minimum absolute atomic E-state index is 0.0437. The molecule has 0 unspecified atom stereocenters. The maximum absolute atomic E-state index is 12.8. The van der Waals surface area contributed by atoms with Crippen molar-refractivity contribution in [2.45, 2.75) is 25.8 Å². The second kappa shape index (κ2) is 7.49. The van der Waals surface area contributed by atoms with Crippen LogP contribution >= 0.6 is 0 Å². The summed E-state index contributed by atoms with van der Waals surface area (Å²) in [6.07, 6.45) is 3.24. The van der Waals surface area contributed by atoms with Gasteiger partial charge in [-0.1, -0.05) is 0 Å². The van der Waals surface area contributed by atoms with Gasteiger partial charge in [0.25, 0.3) is 17.9 Å². The highest BCUT2D eigenvalue weighted by molar-refractivity contribution is 6.05. The number of nitrogens with zero attached hydrogens (tertiary/aromatic N) is 4. The summed E-state index contributed by atoms with van der Waals surface area (Å²) in [5, 5.41) is 0.798. The Morgan fingerprint density at radius 1 is 1.29 bits per heavy atom. The van der Waals surface area contributed by atoms with Gasteiger partial charge in [-0.05, 0) is 30.9 Å². The Kier molecular flexibility index (Phi) is 4.89. The molecule has 4 rings (SSSR count). The average molecular weight is 387 g/mol. The highest BCUT2D eigenvalue weighted by Crippen LogP contribution is 2.23. The van der Waals surface area contributed by atoms with Crippen molar-refractivity contribution in [3.63, 3.8) is 0 Å². The van der Waals surface area contributed by atoms with Gasteiger partial charge >= 0.3 is 0 Å². The molecule has 1 saturated heterocycles. The van der Waals surface area contributed by atoms with Crippen molar-refractivity contribution in [3.05, 3.63) is 58.5 Å². The molecule has 9 heteroatoms. The Morgan fingerprint density at radius 3 is 2.79 bits per heavy atom. The SMILES string of the molecule is O=C(c1c[nH]c2ncccc12)N1CCC(Cn2cnc(C(F)F)cc2=O)CC1. The van der Waals surface area contributed by atoms with Gasteiger partial charge in [-0.2, -0.15) is 0 Å². The summed E-state index contributed by atoms with van der Waals surface area (Å²) in [7, 11) is 0. The van der Waals surface area contributed by atoms with Gasteiger partial charge in [0.15, 0.2) is 0 Å². The molecule has 0 bridgehead atoms. The number of aromatic amines is 1. The summed E-state index contributed by atoms with van der Waals surface area (Å²) < 4.78 is 26.6. The zero-order valence-corrected chi connectivity index (χ0v) is 15.0. The van der Waals surface area contributed by atoms with E-state index in [1.807, 2.05) is 6.07 Å². The lowest BCUT2D eigenvalue weighted by molar-refractivity contribution is 0.0684. The van der Waals surface area contributed by atoms with Crippen LogP contribution in [-0.2, 0) is 6.54 Å². The van der Waals surface area contributed by atoms with Crippen LogP contribution in [0.1, 0.15) is 35.3 Å². The summed E-state index contributed by atoms with van der Waals surface area (Å²) in [6.45, 7) is 1.57. The quantitative estimate of drug-likeness (QED) is 0.746. The third kappa shape index (κ3) is 3.51. The van der Waals surface area contributed by atoms with Crippen molar-refractivity contribution in [1.29, 1.82) is 0 Å². The maximum Gasteiger partial charge on any atom is 0.280 e. The molecule has 146 valence electrons. The van der Waals surface area contributed by atoms with Gasteiger partial charge in [0.1, 0.15) is 11.3 Å². The van der Waals surface area contributed by atoms with E-state index in [0.29, 0.717) is 30.8 Å². The Bertz CT molecular complexity index is 1050. The molecule has 1 aliphatic heterocycles. The van der Waals surface area contributed by atoms with Crippen LogP contribution in [0.4, 0.5) is 8.78 Å². The van der Waals surface area contributed by atoms with E-state index in [4.69, 9.17) is 0 Å². The predicted molar refractivity (Wildman–Crippen MR) is 98.2 cm³/mol. The first kappa shape index (κ1) is 18.3. The fourth-order valence-electron chi connectivity index (χ4n) is 3.60. The van der Waals surface area contributed by atoms with E-state index in [-0.39, 0.29) is 11.8 Å². The lowest BCUT2D eigenvalue weighted by atomic mass is 9.96. The standard InChI is InChI=1S/C19H19F2N5O2/c20-17(21)15-8-16(27)26(11-24-15)10-12-3-6-25(7-4-12)19(28)14-9-23-18-13(14)2-1-5-22-18/h1-2,5,8-9,11-12,17H,3-4,6-7,10H2,(H,22,23). The average Bonchev–Trinajstić information content (AvgIpc) is 3.13. The van der Waals surface area contributed by atoms with Crippen molar-refractivity contribution < 1.29 is 13.6 Å². The molecule has 28 heavy (non-hydrogen) atoms. The first-order valence-electron chi connectivity index (χ1n) is 9.09. The Balaban J connectivity index is 1.39. The molecule has 7 nitrogen and oxygen atoms in total. The largest absolute Gasteiger partial charge is 0.345 e. The van der Waals surface area contributed by atoms with E-state index in [1.54, 1.807) is 23.4 Å². The molecule has 1 aliphatic rings. The van der Waals surface area contributed by atoms with Gasteiger partial charge < -0.3 is 9.88 Å². The third-order valence-electron chi connectivity index (χ3n) is 5.16. The number of nitrogens with one attached hydrogen (secondary N) is 1. The van der Waals surface area contributed by atoms with E-state index in [1.165, 1.54) is 10.9 Å². The summed E-state index contributed by atoms with van der Waals surface area (Å²) in [5.74, 6) is 0.142. The molecule has 3 aromatic rings. The highest BCUT2D eigenvalue weighted by Gasteiger charge is 2.26. The number of halogens is 2. The van der Waals surface area contributed by atoms with Crippen LogP contribution < -0.4 is 5.56 Å². The monoisotopic (exact) mass is 387 g/mol. The summed E-state index contributed by atoms with van der Waals surface area (Å²) in [5.41, 5.74) is 0.300. The number of hydrogen-bond donors (Lipinski definition) is 1. The number of aromatic nitrogens is 4. The molecule has 0 aliphatic carbocycles. The van der Waals surface area contributed by atoms with E-state index >= 15 is 0 Å². The molecule has 1 amide bonds. The molecule has 1 N–H and O–H groups in total. The molecule has 0 aromatic carbocycles. The molecule has 3 aromatic heterocycles. The van der Waals surface area contributed by atoms with Crippen LogP contribution in [0.2, 0.25) is 0 Å². The number of carbonyl (C=O) groups is 1. The topological polar surface area (TPSA) is 83.9 Å². The third-order valence-corrected chi connectivity index (χ3v) is 5.16. The van der Waals surface area contributed by atoms with E-state index in [0.717, 1.165) is 24.3 Å². The van der Waals surface area contributed by atoms with Crippen LogP contribution in [0.15, 0.2) is 41.7 Å². The number of carbonyl (C=O) groups excluding carboxylic acids is 1. The number of alkyl halides is 2. The number of piperidine rings is 1. The molecule has 0 spiro atoms. The lowest BCUT2D eigenvalue weighted by Gasteiger charge is -2.32. The first-order chi connectivity index (χ1) is 13.5. The smallest absolute Gasteiger partial charge is 0.280 e. The van der Waals surface area contributed by atoms with Crippen LogP contribution in [0.25, 0.3) is 11.0 Å². The summed E-state index contributed by atoms with van der Waals surface area (Å²) in [4.78, 5) is 37.5. The van der Waals surface area contributed by atoms with Gasteiger partial charge in [-0.15, -0.1) is 0 Å². The number of hydrogen-bond acceptors (Lipinski definition) is 4. The van der Waals surface area contributed by atoms with E-state index < -0.39 is 17.7 Å². The van der Waals surface area contributed by atoms with Gasteiger partial charge in [0.05, 0.1) is 11.9 Å². The van der Waals surface area contributed by atoms with Crippen molar-refractivity contribution in [3.8, 4) is 0 Å². The van der Waals surface area contributed by atoms with Crippen molar-refractivity contribution in [2.75, 3.05) is 13.1 Å². The van der Waals surface area contributed by atoms with Crippen molar-refractivity contribution >= 4 is 16.9 Å². The predicted octanol–water partition coefficient (Wildman–Crippen LogP) is 2.61. The van der Waals surface area contributed by atoms with Gasteiger partial charge in [0.2, 0.25) is 0 Å². The van der Waals surface area contributed by atoms with Crippen LogP contribution in [0.3, 0.4) is 0 Å². The van der Waals surface area contributed by atoms with Gasteiger partial charge in [0, 0.05) is 43.5 Å². The minimum Gasteiger partial charge on any atom is -0.345 e. The summed E-state index contributed by atoms with van der Waals surface area (Å²) in [6, 6.07) is 4.54. The van der Waals surface area contributed by atoms with Gasteiger partial charge in [-0.25, -0.2) is 18.7 Å². The molecule has 0 saturated carbocycles. The molecule has 1 fully saturated rings. The first-order valence-corrected chi connectivity index (χ1v) is 9.09. The zero-order valence-electron chi connectivity index (χ0n) is 15.0. The molecular formula is C19H19F2N5O2. The normalized spacial score (nSPS) is 15.5. The van der Waals surface area contributed by atoms with Gasteiger partial charge in [-0.3, -0.25) is 14.2 Å². The van der Waals surface area contributed by atoms with E-state index in [9.17, 15) is 18.4 Å². The lowest BCUT2D eigenvalue weighted by Crippen LogP contribution is -2.40. The fraction of sp³-hybridized carbons (Fsp3) is 0.368. The second-order valence-corrected chi connectivity index (χ2v) is 6.94. The molecule has 4 heterocycles. The van der Waals surface area contributed by atoms with Crippen LogP contribution in [0, 0.1) is 5.92 Å². The van der Waals surface area contributed by atoms with Crippen LogP contribution in [-0.4, -0.2) is 43.4 Å². The maximum atomic E-state index is 12.8. The number of likely N-dealkylation sites (tertiary alicyclic amines) is 1. The number of amides is 1. The number of H-pyrrole nitrogens is 1. The second-order valence-electron chi connectivity index (χ2n) is 6.94. The number of pyridine rings is 1. The Morgan fingerprint density at radius 2 is 2.07 bits per heavy atom. The summed E-state index contributed by atoms with van der Waals surface area (Å²) >= 11 is 0. The fourth-order valence-corrected chi connectivity index (χ4v) is 3.60. The zero-order chi connectivity index (χ0) is 19.7. The van der Waals surface area contributed by atoms with Crippen LogP contribution in [0.5, 0.6) is 0 Å². The number of rotatable bonds is 4. The number of fused-ring (bicyclic) bond motifs is 1.